The number of hydrazone groups is 1. The van der Waals surface area contributed by atoms with E-state index in [0.29, 0.717) is 6.42 Å². The van der Waals surface area contributed by atoms with E-state index >= 15 is 0 Å². The minimum absolute atomic E-state index is 0.0120. The second kappa shape index (κ2) is 21.9. The molecule has 0 aliphatic rings. The number of rotatable bonds is 19. The van der Waals surface area contributed by atoms with E-state index in [4.69, 9.17) is 0 Å². The van der Waals surface area contributed by atoms with Crippen LogP contribution >= 0.6 is 0 Å². The molecule has 0 bridgehead atoms. The highest BCUT2D eigenvalue weighted by Crippen LogP contribution is 2.08. The Kier molecular flexibility index (Phi) is 20.8. The first-order valence-electron chi connectivity index (χ1n) is 11.4. The summed E-state index contributed by atoms with van der Waals surface area (Å²) >= 11 is 0. The standard InChI is InChI=1S/C24H45N3O/c1-4-5-6-7-8-9-10-11-12-13-14-15-16-17-18-19-20-22-25-26-24(28)21-23-27(2)3/h8-9,11-12,22H,4-7,10,13-21,23H2,1-3H3,(H,26,28)/b9-8-,12-11-,25-22?. The number of carbonyl (C=O) groups is 1. The van der Waals surface area contributed by atoms with E-state index in [0.717, 1.165) is 25.8 Å². The van der Waals surface area contributed by atoms with E-state index < -0.39 is 0 Å². The van der Waals surface area contributed by atoms with Crippen molar-refractivity contribution in [2.75, 3.05) is 20.6 Å². The lowest BCUT2D eigenvalue weighted by Gasteiger charge is -2.07. The minimum Gasteiger partial charge on any atom is -0.309 e. The molecule has 28 heavy (non-hydrogen) atoms. The lowest BCUT2D eigenvalue weighted by molar-refractivity contribution is -0.121. The van der Waals surface area contributed by atoms with Crippen LogP contribution in [-0.4, -0.2) is 37.7 Å². The number of hydrogen-bond acceptors (Lipinski definition) is 3. The van der Waals surface area contributed by atoms with E-state index in [2.05, 4.69) is 41.8 Å². The molecule has 0 spiro atoms. The van der Waals surface area contributed by atoms with Crippen molar-refractivity contribution in [3.63, 3.8) is 0 Å². The number of unbranched alkanes of at least 4 members (excludes halogenated alkanes) is 10. The van der Waals surface area contributed by atoms with Gasteiger partial charge in [0, 0.05) is 19.2 Å². The van der Waals surface area contributed by atoms with Gasteiger partial charge in [0.2, 0.25) is 5.91 Å². The molecule has 0 heterocycles. The van der Waals surface area contributed by atoms with Crippen LogP contribution in [0.3, 0.4) is 0 Å². The lowest BCUT2D eigenvalue weighted by atomic mass is 10.1. The Bertz CT molecular complexity index is 428. The van der Waals surface area contributed by atoms with Gasteiger partial charge in [-0.15, -0.1) is 0 Å². The number of allylic oxidation sites excluding steroid dienone is 4. The topological polar surface area (TPSA) is 44.7 Å². The Morgan fingerprint density at radius 2 is 1.39 bits per heavy atom. The molecule has 0 aromatic heterocycles. The minimum atomic E-state index is -0.0120. The van der Waals surface area contributed by atoms with Gasteiger partial charge in [-0.05, 0) is 59.0 Å². The molecule has 0 radical (unpaired) electrons. The van der Waals surface area contributed by atoms with Crippen LogP contribution in [0.5, 0.6) is 0 Å². The molecule has 0 saturated carbocycles. The second-order valence-corrected chi connectivity index (χ2v) is 7.77. The van der Waals surface area contributed by atoms with Crippen molar-refractivity contribution in [2.45, 2.75) is 96.8 Å². The van der Waals surface area contributed by atoms with Gasteiger partial charge in [-0.2, -0.15) is 5.10 Å². The smallest absolute Gasteiger partial charge is 0.241 e. The van der Waals surface area contributed by atoms with Gasteiger partial charge in [0.15, 0.2) is 0 Å². The predicted octanol–water partition coefficient (Wildman–Crippen LogP) is 6.24. The van der Waals surface area contributed by atoms with Crippen LogP contribution in [0.1, 0.15) is 96.8 Å². The zero-order valence-corrected chi connectivity index (χ0v) is 18.8. The van der Waals surface area contributed by atoms with Crippen LogP contribution in [0, 0.1) is 0 Å². The average molecular weight is 392 g/mol. The molecule has 0 aromatic carbocycles. The Labute approximate surface area is 174 Å². The monoisotopic (exact) mass is 391 g/mol. The van der Waals surface area contributed by atoms with E-state index in [-0.39, 0.29) is 5.91 Å². The molecule has 1 amide bonds. The van der Waals surface area contributed by atoms with Crippen LogP contribution in [0.2, 0.25) is 0 Å². The fourth-order valence-corrected chi connectivity index (χ4v) is 2.79. The normalized spacial score (nSPS) is 12.1. The van der Waals surface area contributed by atoms with Gasteiger partial charge in [-0.25, -0.2) is 5.43 Å². The van der Waals surface area contributed by atoms with Crippen LogP contribution in [-0.2, 0) is 4.79 Å². The lowest BCUT2D eigenvalue weighted by Crippen LogP contribution is -2.23. The summed E-state index contributed by atoms with van der Waals surface area (Å²) in [4.78, 5) is 13.5. The Balaban J connectivity index is 3.30. The molecule has 4 heteroatoms. The summed E-state index contributed by atoms with van der Waals surface area (Å²) < 4.78 is 0. The van der Waals surface area contributed by atoms with Crippen molar-refractivity contribution in [3.05, 3.63) is 24.3 Å². The third-order valence-electron chi connectivity index (χ3n) is 4.60. The molecule has 0 atom stereocenters. The van der Waals surface area contributed by atoms with E-state index in [9.17, 15) is 4.79 Å². The predicted molar refractivity (Wildman–Crippen MR) is 124 cm³/mol. The number of nitrogens with one attached hydrogen (secondary N) is 1. The summed E-state index contributed by atoms with van der Waals surface area (Å²) in [6.45, 7) is 3.01. The maximum Gasteiger partial charge on any atom is 0.241 e. The average Bonchev–Trinajstić information content (AvgIpc) is 2.68. The van der Waals surface area contributed by atoms with Gasteiger partial charge < -0.3 is 4.90 Å². The molecular weight excluding hydrogens is 346 g/mol. The summed E-state index contributed by atoms with van der Waals surface area (Å²) in [6, 6.07) is 0. The van der Waals surface area contributed by atoms with E-state index in [1.807, 2.05) is 25.2 Å². The van der Waals surface area contributed by atoms with Gasteiger partial charge in [0.1, 0.15) is 0 Å². The maximum atomic E-state index is 11.5. The number of hydrogen-bond donors (Lipinski definition) is 1. The van der Waals surface area contributed by atoms with Gasteiger partial charge in [0.25, 0.3) is 0 Å². The summed E-state index contributed by atoms with van der Waals surface area (Å²) in [7, 11) is 3.92. The Hall–Kier alpha value is -1.42. The second-order valence-electron chi connectivity index (χ2n) is 7.77. The maximum absolute atomic E-state index is 11.5. The van der Waals surface area contributed by atoms with E-state index in [1.165, 1.54) is 64.2 Å². The molecular formula is C24H45N3O. The first-order valence-corrected chi connectivity index (χ1v) is 11.4. The summed E-state index contributed by atoms with van der Waals surface area (Å²) in [5.74, 6) is -0.0120. The van der Waals surface area contributed by atoms with Crippen LogP contribution < -0.4 is 5.43 Å². The Morgan fingerprint density at radius 1 is 0.821 bits per heavy atom. The highest BCUT2D eigenvalue weighted by atomic mass is 16.2. The zero-order chi connectivity index (χ0) is 20.7. The summed E-state index contributed by atoms with van der Waals surface area (Å²) in [5, 5.41) is 4.00. The highest BCUT2D eigenvalue weighted by molar-refractivity contribution is 5.76. The van der Waals surface area contributed by atoms with Gasteiger partial charge >= 0.3 is 0 Å². The molecule has 0 unspecified atom stereocenters. The van der Waals surface area contributed by atoms with Crippen LogP contribution in [0.25, 0.3) is 0 Å². The van der Waals surface area contributed by atoms with Crippen molar-refractivity contribution in [2.24, 2.45) is 5.10 Å². The van der Waals surface area contributed by atoms with Crippen molar-refractivity contribution < 1.29 is 4.79 Å². The number of carbonyl (C=O) groups excluding carboxylic acids is 1. The summed E-state index contributed by atoms with van der Waals surface area (Å²) in [5.41, 5.74) is 2.59. The van der Waals surface area contributed by atoms with Gasteiger partial charge in [0.05, 0.1) is 0 Å². The SMILES string of the molecule is CCCCC/C=C\C/C=C\CCCCCCCCC=NNC(=O)CCN(C)C. The summed E-state index contributed by atoms with van der Waals surface area (Å²) in [6.07, 6.45) is 27.7. The third-order valence-corrected chi connectivity index (χ3v) is 4.60. The highest BCUT2D eigenvalue weighted by Gasteiger charge is 1.99. The number of nitrogens with zero attached hydrogens (tertiary/aromatic N) is 2. The van der Waals surface area contributed by atoms with Crippen molar-refractivity contribution in [1.29, 1.82) is 0 Å². The van der Waals surface area contributed by atoms with E-state index in [1.54, 1.807) is 0 Å². The molecule has 0 fully saturated rings. The molecule has 162 valence electrons. The first-order chi connectivity index (χ1) is 13.7. The molecule has 0 aliphatic carbocycles. The Morgan fingerprint density at radius 3 is 2.00 bits per heavy atom. The quantitative estimate of drug-likeness (QED) is 0.122. The molecule has 1 N–H and O–H groups in total. The fourth-order valence-electron chi connectivity index (χ4n) is 2.79. The zero-order valence-electron chi connectivity index (χ0n) is 18.8. The first kappa shape index (κ1) is 26.6. The van der Waals surface area contributed by atoms with Crippen molar-refractivity contribution >= 4 is 12.1 Å². The van der Waals surface area contributed by atoms with Gasteiger partial charge in [-0.3, -0.25) is 4.79 Å². The molecule has 0 rings (SSSR count). The molecule has 4 nitrogen and oxygen atoms in total. The number of amides is 1. The van der Waals surface area contributed by atoms with Crippen molar-refractivity contribution in [1.82, 2.24) is 10.3 Å². The largest absolute Gasteiger partial charge is 0.309 e. The van der Waals surface area contributed by atoms with Gasteiger partial charge in [-0.1, -0.05) is 69.8 Å². The van der Waals surface area contributed by atoms with Crippen LogP contribution in [0.15, 0.2) is 29.4 Å². The molecule has 0 aromatic rings. The van der Waals surface area contributed by atoms with Crippen LogP contribution in [0.4, 0.5) is 0 Å². The molecule has 0 aliphatic heterocycles. The fraction of sp³-hybridized carbons (Fsp3) is 0.750. The molecule has 0 saturated heterocycles. The van der Waals surface area contributed by atoms with Crippen molar-refractivity contribution in [3.8, 4) is 0 Å². The third kappa shape index (κ3) is 22.6.